The van der Waals surface area contributed by atoms with Crippen LogP contribution in [0.2, 0.25) is 5.02 Å². The van der Waals surface area contributed by atoms with E-state index >= 15 is 0 Å². The Morgan fingerprint density at radius 3 is 2.94 bits per heavy atom. The number of esters is 1. The first-order chi connectivity index (χ1) is 7.72. The van der Waals surface area contributed by atoms with E-state index in [1.54, 1.807) is 41.3 Å². The molecule has 0 amide bonds. The highest BCUT2D eigenvalue weighted by molar-refractivity contribution is 6.33. The highest BCUT2D eigenvalue weighted by Crippen LogP contribution is 2.20. The summed E-state index contributed by atoms with van der Waals surface area (Å²) in [7, 11) is 1.32. The first-order valence-corrected chi connectivity index (χ1v) is 4.98. The molecule has 0 saturated heterocycles. The lowest BCUT2D eigenvalue weighted by atomic mass is 10.2. The lowest BCUT2D eigenvalue weighted by Crippen LogP contribution is -2.04. The Morgan fingerprint density at radius 2 is 2.31 bits per heavy atom. The van der Waals surface area contributed by atoms with Crippen LogP contribution in [0, 0.1) is 0 Å². The average Bonchev–Trinajstić information content (AvgIpc) is 2.82. The fraction of sp³-hybridized carbons (Fsp3) is 0.0909. The SMILES string of the molecule is COC(=O)c1cc(-n2cccn2)ccc1Cl. The van der Waals surface area contributed by atoms with Crippen LogP contribution in [0.15, 0.2) is 36.7 Å². The van der Waals surface area contributed by atoms with E-state index in [2.05, 4.69) is 9.84 Å². The number of rotatable bonds is 2. The third-order valence-corrected chi connectivity index (χ3v) is 2.45. The van der Waals surface area contributed by atoms with Crippen molar-refractivity contribution in [3.8, 4) is 5.69 Å². The number of carbonyl (C=O) groups is 1. The zero-order valence-corrected chi connectivity index (χ0v) is 9.31. The molecule has 2 rings (SSSR count). The highest BCUT2D eigenvalue weighted by Gasteiger charge is 2.11. The van der Waals surface area contributed by atoms with E-state index in [0.717, 1.165) is 5.69 Å². The molecule has 16 heavy (non-hydrogen) atoms. The minimum Gasteiger partial charge on any atom is -0.465 e. The summed E-state index contributed by atoms with van der Waals surface area (Å²) < 4.78 is 6.28. The van der Waals surface area contributed by atoms with Crippen LogP contribution in [-0.4, -0.2) is 22.9 Å². The van der Waals surface area contributed by atoms with Crippen molar-refractivity contribution in [2.75, 3.05) is 7.11 Å². The molecule has 0 aliphatic carbocycles. The van der Waals surface area contributed by atoms with Crippen molar-refractivity contribution in [3.05, 3.63) is 47.2 Å². The predicted molar refractivity (Wildman–Crippen MR) is 59.9 cm³/mol. The molecule has 0 fully saturated rings. The zero-order chi connectivity index (χ0) is 11.5. The van der Waals surface area contributed by atoms with Crippen LogP contribution in [0.1, 0.15) is 10.4 Å². The maximum atomic E-state index is 11.4. The first-order valence-electron chi connectivity index (χ1n) is 4.60. The van der Waals surface area contributed by atoms with Crippen molar-refractivity contribution < 1.29 is 9.53 Å². The summed E-state index contributed by atoms with van der Waals surface area (Å²) in [5.74, 6) is -0.459. The van der Waals surface area contributed by atoms with Crippen LogP contribution < -0.4 is 0 Å². The molecule has 82 valence electrons. The van der Waals surface area contributed by atoms with Gasteiger partial charge in [0.15, 0.2) is 0 Å². The number of halogens is 1. The van der Waals surface area contributed by atoms with Crippen LogP contribution in [0.25, 0.3) is 5.69 Å². The Bertz CT molecular complexity index is 509. The Labute approximate surface area is 97.4 Å². The van der Waals surface area contributed by atoms with Gasteiger partial charge in [-0.25, -0.2) is 9.48 Å². The zero-order valence-electron chi connectivity index (χ0n) is 8.55. The number of methoxy groups -OCH3 is 1. The topological polar surface area (TPSA) is 44.1 Å². The van der Waals surface area contributed by atoms with Crippen LogP contribution in [0.3, 0.4) is 0 Å². The minimum atomic E-state index is -0.459. The standard InChI is InChI=1S/C11H9ClN2O2/c1-16-11(15)9-7-8(3-4-10(9)12)14-6-2-5-13-14/h2-7H,1H3. The summed E-state index contributed by atoms with van der Waals surface area (Å²) in [6, 6.07) is 6.86. The van der Waals surface area contributed by atoms with Crippen LogP contribution in [-0.2, 0) is 4.74 Å². The van der Waals surface area contributed by atoms with E-state index in [1.807, 2.05) is 0 Å². The largest absolute Gasteiger partial charge is 0.465 e. The molecule has 0 atom stereocenters. The lowest BCUT2D eigenvalue weighted by Gasteiger charge is -2.05. The second-order valence-electron chi connectivity index (χ2n) is 3.11. The van der Waals surface area contributed by atoms with Gasteiger partial charge in [-0.2, -0.15) is 5.10 Å². The molecule has 0 aliphatic rings. The van der Waals surface area contributed by atoms with E-state index in [4.69, 9.17) is 11.6 Å². The van der Waals surface area contributed by atoms with Crippen molar-refractivity contribution in [3.63, 3.8) is 0 Å². The molecule has 1 aromatic heterocycles. The molecule has 4 nitrogen and oxygen atoms in total. The van der Waals surface area contributed by atoms with Gasteiger partial charge in [-0.15, -0.1) is 0 Å². The Kier molecular flexibility index (Phi) is 2.92. The van der Waals surface area contributed by atoms with Gasteiger partial charge in [0.2, 0.25) is 0 Å². The van der Waals surface area contributed by atoms with Gasteiger partial charge in [-0.3, -0.25) is 0 Å². The molecule has 5 heteroatoms. The van der Waals surface area contributed by atoms with Gasteiger partial charge in [0.1, 0.15) is 0 Å². The molecule has 0 aliphatic heterocycles. The molecule has 0 saturated carbocycles. The van der Waals surface area contributed by atoms with Gasteiger partial charge in [-0.1, -0.05) is 11.6 Å². The monoisotopic (exact) mass is 236 g/mol. The Hall–Kier alpha value is -1.81. The molecule has 1 aromatic carbocycles. The second-order valence-corrected chi connectivity index (χ2v) is 3.51. The van der Waals surface area contributed by atoms with Gasteiger partial charge in [0.05, 0.1) is 23.4 Å². The maximum absolute atomic E-state index is 11.4. The number of benzene rings is 1. The summed E-state index contributed by atoms with van der Waals surface area (Å²) in [6.45, 7) is 0. The number of hydrogen-bond acceptors (Lipinski definition) is 3. The van der Waals surface area contributed by atoms with E-state index in [9.17, 15) is 4.79 Å². The van der Waals surface area contributed by atoms with Gasteiger partial charge < -0.3 is 4.74 Å². The highest BCUT2D eigenvalue weighted by atomic mass is 35.5. The molecular weight excluding hydrogens is 228 g/mol. The molecule has 0 radical (unpaired) electrons. The Morgan fingerprint density at radius 1 is 1.50 bits per heavy atom. The van der Waals surface area contributed by atoms with Crippen LogP contribution in [0.4, 0.5) is 0 Å². The third-order valence-electron chi connectivity index (χ3n) is 2.12. The fourth-order valence-electron chi connectivity index (χ4n) is 1.34. The minimum absolute atomic E-state index is 0.331. The van der Waals surface area contributed by atoms with Crippen molar-refractivity contribution in [2.24, 2.45) is 0 Å². The van der Waals surface area contributed by atoms with Gasteiger partial charge in [0, 0.05) is 12.4 Å². The number of carbonyl (C=O) groups excluding carboxylic acids is 1. The van der Waals surface area contributed by atoms with Gasteiger partial charge in [0.25, 0.3) is 0 Å². The number of nitrogens with zero attached hydrogens (tertiary/aromatic N) is 2. The first kappa shape index (κ1) is 10.7. The normalized spacial score (nSPS) is 10.1. The van der Waals surface area contributed by atoms with E-state index in [0.29, 0.717) is 10.6 Å². The average molecular weight is 237 g/mol. The Balaban J connectivity index is 2.47. The summed E-state index contributed by atoms with van der Waals surface area (Å²) in [5, 5.41) is 4.43. The van der Waals surface area contributed by atoms with Crippen molar-refractivity contribution >= 4 is 17.6 Å². The smallest absolute Gasteiger partial charge is 0.339 e. The van der Waals surface area contributed by atoms with Crippen molar-refractivity contribution in [1.29, 1.82) is 0 Å². The second kappa shape index (κ2) is 4.37. The van der Waals surface area contributed by atoms with Crippen molar-refractivity contribution in [1.82, 2.24) is 9.78 Å². The summed E-state index contributed by atoms with van der Waals surface area (Å²) >= 11 is 5.90. The number of ether oxygens (including phenoxy) is 1. The fourth-order valence-corrected chi connectivity index (χ4v) is 1.54. The quantitative estimate of drug-likeness (QED) is 0.752. The number of aromatic nitrogens is 2. The van der Waals surface area contributed by atoms with Gasteiger partial charge in [-0.05, 0) is 24.3 Å². The molecule has 0 N–H and O–H groups in total. The lowest BCUT2D eigenvalue weighted by molar-refractivity contribution is 0.0601. The molecule has 2 aromatic rings. The molecule has 0 spiro atoms. The van der Waals surface area contributed by atoms with Crippen molar-refractivity contribution in [2.45, 2.75) is 0 Å². The molecule has 0 unspecified atom stereocenters. The van der Waals surface area contributed by atoms with Crippen LogP contribution in [0.5, 0.6) is 0 Å². The van der Waals surface area contributed by atoms with Gasteiger partial charge >= 0.3 is 5.97 Å². The number of hydrogen-bond donors (Lipinski definition) is 0. The maximum Gasteiger partial charge on any atom is 0.339 e. The summed E-state index contributed by atoms with van der Waals surface area (Å²) in [4.78, 5) is 11.4. The van der Waals surface area contributed by atoms with E-state index in [1.165, 1.54) is 7.11 Å². The van der Waals surface area contributed by atoms with E-state index < -0.39 is 5.97 Å². The molecule has 1 heterocycles. The third kappa shape index (κ3) is 1.92. The molecular formula is C11H9ClN2O2. The van der Waals surface area contributed by atoms with E-state index in [-0.39, 0.29) is 0 Å². The van der Waals surface area contributed by atoms with Crippen LogP contribution >= 0.6 is 11.6 Å². The molecule has 0 bridgehead atoms. The predicted octanol–water partition coefficient (Wildman–Crippen LogP) is 2.31. The summed E-state index contributed by atoms with van der Waals surface area (Å²) in [5.41, 5.74) is 1.09. The summed E-state index contributed by atoms with van der Waals surface area (Å²) in [6.07, 6.45) is 3.44.